The van der Waals surface area contributed by atoms with Crippen molar-refractivity contribution in [1.29, 1.82) is 0 Å². The van der Waals surface area contributed by atoms with E-state index in [0.717, 1.165) is 11.3 Å². The molecule has 0 heterocycles. The van der Waals surface area contributed by atoms with E-state index in [9.17, 15) is 4.79 Å². The fraction of sp³-hybridized carbons (Fsp3) is 0.533. The fourth-order valence-electron chi connectivity index (χ4n) is 1.64. The van der Waals surface area contributed by atoms with Gasteiger partial charge in [-0.2, -0.15) is 0 Å². The molecule has 2 unspecified atom stereocenters. The molecule has 19 heavy (non-hydrogen) atoms. The highest BCUT2D eigenvalue weighted by Gasteiger charge is 2.13. The SMILES string of the molecule is CC(C)Cc1cccc(SC(=O)NC(C)C(C)Br)c1. The minimum absolute atomic E-state index is 0.000460. The predicted octanol–water partition coefficient (Wildman–Crippen LogP) is 4.86. The van der Waals surface area contributed by atoms with Gasteiger partial charge in [0.2, 0.25) is 0 Å². The molecule has 1 aromatic rings. The zero-order valence-corrected chi connectivity index (χ0v) is 14.3. The van der Waals surface area contributed by atoms with E-state index in [1.807, 2.05) is 26.0 Å². The second-order valence-corrected chi connectivity index (χ2v) is 7.74. The Bertz CT molecular complexity index is 420. The van der Waals surface area contributed by atoms with Gasteiger partial charge in [0.05, 0.1) is 0 Å². The Morgan fingerprint density at radius 3 is 2.58 bits per heavy atom. The number of thioether (sulfide) groups is 1. The van der Waals surface area contributed by atoms with Crippen molar-refractivity contribution in [1.82, 2.24) is 5.32 Å². The van der Waals surface area contributed by atoms with Crippen molar-refractivity contribution in [2.24, 2.45) is 5.92 Å². The van der Waals surface area contributed by atoms with Crippen LogP contribution in [0.2, 0.25) is 0 Å². The summed E-state index contributed by atoms with van der Waals surface area (Å²) in [6, 6.07) is 8.34. The van der Waals surface area contributed by atoms with Gasteiger partial charge in [-0.3, -0.25) is 4.79 Å². The lowest BCUT2D eigenvalue weighted by molar-refractivity contribution is 0.258. The summed E-state index contributed by atoms with van der Waals surface area (Å²) in [5.74, 6) is 0.628. The van der Waals surface area contributed by atoms with E-state index in [1.165, 1.54) is 17.3 Å². The zero-order chi connectivity index (χ0) is 14.4. The summed E-state index contributed by atoms with van der Waals surface area (Å²) in [5, 5.41) is 2.97. The van der Waals surface area contributed by atoms with Crippen molar-refractivity contribution in [2.75, 3.05) is 0 Å². The normalized spacial score (nSPS) is 14.2. The Morgan fingerprint density at radius 1 is 1.32 bits per heavy atom. The van der Waals surface area contributed by atoms with Crippen molar-refractivity contribution in [3.63, 3.8) is 0 Å². The van der Waals surface area contributed by atoms with E-state index in [-0.39, 0.29) is 16.1 Å². The first-order valence-corrected chi connectivity index (χ1v) is 8.33. The molecular formula is C15H22BrNOS. The van der Waals surface area contributed by atoms with Gasteiger partial charge in [-0.1, -0.05) is 48.8 Å². The van der Waals surface area contributed by atoms with Gasteiger partial charge < -0.3 is 5.32 Å². The van der Waals surface area contributed by atoms with Gasteiger partial charge in [0, 0.05) is 15.8 Å². The second-order valence-electron chi connectivity index (χ2n) is 5.25. The molecule has 1 aromatic carbocycles. The predicted molar refractivity (Wildman–Crippen MR) is 87.2 cm³/mol. The summed E-state index contributed by atoms with van der Waals surface area (Å²) >= 11 is 4.73. The van der Waals surface area contributed by atoms with Gasteiger partial charge in [0.15, 0.2) is 0 Å². The van der Waals surface area contributed by atoms with E-state index in [2.05, 4.69) is 47.2 Å². The van der Waals surface area contributed by atoms with Crippen LogP contribution in [-0.4, -0.2) is 16.1 Å². The summed E-state index contributed by atoms with van der Waals surface area (Å²) < 4.78 is 0. The second kappa shape index (κ2) is 7.95. The monoisotopic (exact) mass is 343 g/mol. The van der Waals surface area contributed by atoms with E-state index in [0.29, 0.717) is 5.92 Å². The number of benzene rings is 1. The van der Waals surface area contributed by atoms with Gasteiger partial charge in [-0.25, -0.2) is 0 Å². The molecule has 2 atom stereocenters. The van der Waals surface area contributed by atoms with E-state index in [1.54, 1.807) is 0 Å². The molecule has 2 nitrogen and oxygen atoms in total. The van der Waals surface area contributed by atoms with Gasteiger partial charge in [0.1, 0.15) is 0 Å². The third-order valence-electron chi connectivity index (χ3n) is 2.79. The lowest BCUT2D eigenvalue weighted by Crippen LogP contribution is -2.34. The molecule has 1 rings (SSSR count). The Morgan fingerprint density at radius 2 is 2.00 bits per heavy atom. The van der Waals surface area contributed by atoms with Crippen molar-refractivity contribution in [3.8, 4) is 0 Å². The van der Waals surface area contributed by atoms with Crippen molar-refractivity contribution < 1.29 is 4.79 Å². The van der Waals surface area contributed by atoms with Crippen molar-refractivity contribution >= 4 is 32.9 Å². The van der Waals surface area contributed by atoms with Gasteiger partial charge in [-0.05, 0) is 48.7 Å². The molecule has 0 saturated carbocycles. The Balaban J connectivity index is 2.59. The lowest BCUT2D eigenvalue weighted by atomic mass is 10.0. The molecule has 106 valence electrons. The summed E-state index contributed by atoms with van der Waals surface area (Å²) in [6.07, 6.45) is 1.05. The number of rotatable bonds is 5. The largest absolute Gasteiger partial charge is 0.343 e. The van der Waals surface area contributed by atoms with Crippen LogP contribution >= 0.6 is 27.7 Å². The third kappa shape index (κ3) is 6.48. The Labute approximate surface area is 128 Å². The first kappa shape index (κ1) is 16.6. The quantitative estimate of drug-likeness (QED) is 0.611. The van der Waals surface area contributed by atoms with Crippen LogP contribution in [0, 0.1) is 5.92 Å². The van der Waals surface area contributed by atoms with Gasteiger partial charge >= 0.3 is 0 Å². The molecule has 0 fully saturated rings. The highest BCUT2D eigenvalue weighted by atomic mass is 79.9. The number of hydrogen-bond donors (Lipinski definition) is 1. The number of hydrogen-bond acceptors (Lipinski definition) is 2. The smallest absolute Gasteiger partial charge is 0.284 e. The first-order valence-electron chi connectivity index (χ1n) is 6.60. The maximum atomic E-state index is 11.9. The molecule has 0 radical (unpaired) electrons. The van der Waals surface area contributed by atoms with Crippen LogP contribution in [0.4, 0.5) is 4.79 Å². The van der Waals surface area contributed by atoms with Crippen LogP contribution in [0.25, 0.3) is 0 Å². The van der Waals surface area contributed by atoms with Crippen LogP contribution in [0.5, 0.6) is 0 Å². The summed E-state index contributed by atoms with van der Waals surface area (Å²) in [4.78, 5) is 13.2. The highest BCUT2D eigenvalue weighted by Crippen LogP contribution is 2.21. The number of carbonyl (C=O) groups is 1. The van der Waals surface area contributed by atoms with Crippen LogP contribution < -0.4 is 5.32 Å². The highest BCUT2D eigenvalue weighted by molar-refractivity contribution is 9.09. The third-order valence-corrected chi connectivity index (χ3v) is 4.37. The topological polar surface area (TPSA) is 29.1 Å². The molecule has 0 spiro atoms. The van der Waals surface area contributed by atoms with E-state index >= 15 is 0 Å². The Kier molecular flexibility index (Phi) is 6.94. The summed E-state index contributed by atoms with van der Waals surface area (Å²) in [7, 11) is 0. The molecule has 1 amide bonds. The van der Waals surface area contributed by atoms with Crippen molar-refractivity contribution in [2.45, 2.75) is 49.9 Å². The van der Waals surface area contributed by atoms with Crippen LogP contribution in [0.3, 0.4) is 0 Å². The van der Waals surface area contributed by atoms with Crippen LogP contribution in [0.15, 0.2) is 29.2 Å². The average Bonchev–Trinajstić information content (AvgIpc) is 2.27. The molecule has 0 aromatic heterocycles. The minimum atomic E-state index is 0.000460. The molecule has 1 N–H and O–H groups in total. The Hall–Kier alpha value is -0.480. The van der Waals surface area contributed by atoms with Crippen molar-refractivity contribution in [3.05, 3.63) is 29.8 Å². The average molecular weight is 344 g/mol. The number of amides is 1. The number of carbonyl (C=O) groups excluding carboxylic acids is 1. The molecule has 0 aliphatic carbocycles. The summed E-state index contributed by atoms with van der Waals surface area (Å²) in [5.41, 5.74) is 1.29. The molecule has 0 bridgehead atoms. The fourth-order valence-corrected chi connectivity index (χ4v) is 2.59. The van der Waals surface area contributed by atoms with Gasteiger partial charge in [-0.15, -0.1) is 0 Å². The molecule has 0 aliphatic heterocycles. The number of halogens is 1. The zero-order valence-electron chi connectivity index (χ0n) is 11.9. The first-order chi connectivity index (χ1) is 8.88. The van der Waals surface area contributed by atoms with Gasteiger partial charge in [0.25, 0.3) is 5.24 Å². The van der Waals surface area contributed by atoms with E-state index in [4.69, 9.17) is 0 Å². The maximum Gasteiger partial charge on any atom is 0.284 e. The maximum absolute atomic E-state index is 11.9. The molecular weight excluding hydrogens is 322 g/mol. The van der Waals surface area contributed by atoms with Crippen LogP contribution in [-0.2, 0) is 6.42 Å². The molecule has 0 saturated heterocycles. The minimum Gasteiger partial charge on any atom is -0.343 e. The standard InChI is InChI=1S/C15H22BrNOS/c1-10(2)8-13-6-5-7-14(9-13)19-15(18)17-12(4)11(3)16/h5-7,9-12H,8H2,1-4H3,(H,17,18). The number of nitrogens with one attached hydrogen (secondary N) is 1. The lowest BCUT2D eigenvalue weighted by Gasteiger charge is -2.15. The van der Waals surface area contributed by atoms with Crippen LogP contribution in [0.1, 0.15) is 33.3 Å². The van der Waals surface area contributed by atoms with E-state index < -0.39 is 0 Å². The number of alkyl halides is 1. The molecule has 4 heteroatoms. The summed E-state index contributed by atoms with van der Waals surface area (Å²) in [6.45, 7) is 8.42. The molecule has 0 aliphatic rings.